The molecule has 2 aromatic carbocycles. The Labute approximate surface area is 207 Å². The predicted molar refractivity (Wildman–Crippen MR) is 138 cm³/mol. The van der Waals surface area contributed by atoms with E-state index in [-0.39, 0.29) is 11.9 Å². The summed E-state index contributed by atoms with van der Waals surface area (Å²) >= 11 is 0. The molecular formula is C29H35N3O3. The van der Waals surface area contributed by atoms with Crippen molar-refractivity contribution >= 4 is 22.6 Å². The highest BCUT2D eigenvalue weighted by Gasteiger charge is 2.46. The van der Waals surface area contributed by atoms with E-state index in [1.54, 1.807) is 6.07 Å². The highest BCUT2D eigenvalue weighted by Crippen LogP contribution is 2.51. The van der Waals surface area contributed by atoms with E-state index >= 15 is 0 Å². The molecule has 1 aromatic heterocycles. The number of aromatic nitrogens is 2. The van der Waals surface area contributed by atoms with Crippen molar-refractivity contribution in [2.75, 3.05) is 27.2 Å². The van der Waals surface area contributed by atoms with Gasteiger partial charge in [-0.25, -0.2) is 9.78 Å². The third-order valence-corrected chi connectivity index (χ3v) is 7.89. The second-order valence-corrected chi connectivity index (χ2v) is 10.2. The molecule has 3 atom stereocenters. The number of aryl methyl sites for hydroxylation is 1. The number of carbonyl (C=O) groups excluding carboxylic acids is 1. The molecule has 3 aliphatic rings. The van der Waals surface area contributed by atoms with E-state index < -0.39 is 5.60 Å². The topological polar surface area (TPSA) is 78.5 Å². The maximum Gasteiger partial charge on any atom is 0.340 e. The van der Waals surface area contributed by atoms with Gasteiger partial charge in [0.1, 0.15) is 11.3 Å². The van der Waals surface area contributed by atoms with E-state index in [1.807, 2.05) is 12.1 Å². The van der Waals surface area contributed by atoms with Crippen molar-refractivity contribution in [3.63, 3.8) is 0 Å². The van der Waals surface area contributed by atoms with Crippen LogP contribution in [0.2, 0.25) is 0 Å². The van der Waals surface area contributed by atoms with Gasteiger partial charge in [-0.3, -0.25) is 0 Å². The minimum absolute atomic E-state index is 0.246. The van der Waals surface area contributed by atoms with E-state index in [0.29, 0.717) is 17.0 Å². The van der Waals surface area contributed by atoms with Gasteiger partial charge in [0.15, 0.2) is 0 Å². The summed E-state index contributed by atoms with van der Waals surface area (Å²) in [5.41, 5.74) is 4.16. The van der Waals surface area contributed by atoms with Crippen molar-refractivity contribution in [1.82, 2.24) is 14.9 Å². The molecule has 0 saturated heterocycles. The number of hydrogen-bond donors (Lipinski definition) is 2. The fourth-order valence-electron chi connectivity index (χ4n) is 5.93. The molecule has 35 heavy (non-hydrogen) atoms. The second kappa shape index (κ2) is 9.96. The first-order valence-corrected chi connectivity index (χ1v) is 12.7. The van der Waals surface area contributed by atoms with Crippen LogP contribution in [0, 0.1) is 11.8 Å². The molecule has 2 N–H and O–H groups in total. The molecular weight excluding hydrogens is 438 g/mol. The molecule has 3 aromatic rings. The third kappa shape index (κ3) is 4.91. The maximum absolute atomic E-state index is 12.0. The van der Waals surface area contributed by atoms with Crippen molar-refractivity contribution in [2.24, 2.45) is 11.8 Å². The number of aromatic amines is 1. The maximum atomic E-state index is 12.0. The number of rotatable bonds is 9. The van der Waals surface area contributed by atoms with Gasteiger partial charge < -0.3 is 19.7 Å². The lowest BCUT2D eigenvalue weighted by Crippen LogP contribution is -2.48. The van der Waals surface area contributed by atoms with Crippen LogP contribution in [-0.4, -0.2) is 58.8 Å². The summed E-state index contributed by atoms with van der Waals surface area (Å²) in [5, 5.41) is 11.5. The molecule has 3 aliphatic carbocycles. The number of H-pyrrole nitrogens is 1. The first kappa shape index (κ1) is 23.8. The Morgan fingerprint density at radius 2 is 2.00 bits per heavy atom. The normalized spacial score (nSPS) is 23.6. The summed E-state index contributed by atoms with van der Waals surface area (Å²) in [6, 6.07) is 16.2. The number of allylic oxidation sites excluding steroid dienone is 1. The fraction of sp³-hybridized carbons (Fsp3) is 0.448. The van der Waals surface area contributed by atoms with Crippen molar-refractivity contribution in [1.29, 1.82) is 0 Å². The lowest BCUT2D eigenvalue weighted by Gasteiger charge is -2.48. The van der Waals surface area contributed by atoms with Gasteiger partial charge in [-0.05, 0) is 74.9 Å². The van der Waals surface area contributed by atoms with E-state index in [1.165, 1.54) is 24.7 Å². The van der Waals surface area contributed by atoms with Crippen LogP contribution >= 0.6 is 0 Å². The Bertz CT molecular complexity index is 1220. The Morgan fingerprint density at radius 1 is 1.17 bits per heavy atom. The highest BCUT2D eigenvalue weighted by atomic mass is 16.5. The molecule has 1 saturated carbocycles. The molecule has 6 rings (SSSR count). The minimum Gasteiger partial charge on any atom is -0.465 e. The number of benzene rings is 2. The van der Waals surface area contributed by atoms with Gasteiger partial charge >= 0.3 is 5.97 Å². The van der Waals surface area contributed by atoms with E-state index in [4.69, 9.17) is 4.74 Å². The van der Waals surface area contributed by atoms with Crippen LogP contribution in [0.3, 0.4) is 0 Å². The quantitative estimate of drug-likeness (QED) is 0.435. The smallest absolute Gasteiger partial charge is 0.340 e. The number of nitrogens with one attached hydrogen (secondary N) is 1. The summed E-state index contributed by atoms with van der Waals surface area (Å²) in [6.45, 7) is 1.80. The van der Waals surface area contributed by atoms with Crippen LogP contribution in [0.15, 0.2) is 54.6 Å². The van der Waals surface area contributed by atoms with Crippen LogP contribution < -0.4 is 0 Å². The van der Waals surface area contributed by atoms with Gasteiger partial charge in [-0.2, -0.15) is 0 Å². The Balaban J connectivity index is 1.14. The lowest BCUT2D eigenvalue weighted by molar-refractivity contribution is -0.0574. The molecule has 0 amide bonds. The average molecular weight is 474 g/mol. The largest absolute Gasteiger partial charge is 0.465 e. The lowest BCUT2D eigenvalue weighted by atomic mass is 9.61. The summed E-state index contributed by atoms with van der Waals surface area (Å²) < 4.78 is 4.87. The second-order valence-electron chi connectivity index (χ2n) is 10.2. The Hall–Kier alpha value is -2.96. The number of para-hydroxylation sites is 1. The monoisotopic (exact) mass is 473 g/mol. The zero-order chi connectivity index (χ0) is 24.4. The first-order chi connectivity index (χ1) is 17.0. The molecule has 6 nitrogen and oxygen atoms in total. The summed E-state index contributed by atoms with van der Waals surface area (Å²) in [6.07, 6.45) is 8.05. The van der Waals surface area contributed by atoms with Crippen molar-refractivity contribution in [3.05, 3.63) is 71.6 Å². The predicted octanol–water partition coefficient (Wildman–Crippen LogP) is 4.85. The van der Waals surface area contributed by atoms with E-state index in [9.17, 15) is 9.90 Å². The standard InChI is InChI=1S/C29H35N3O3/c1-32(16-7-12-26-30-25-11-6-10-23(27(25)31-26)28(33)35-2)17-15-29(34)19-21-13-14-22(29)18-24(21)20-8-4-3-5-9-20/h3-6,8-11,18,21-22,34H,7,12-17,19H2,1-2H3,(H,30,31)/t21-,22+,29+/m1/s1. The number of nitrogens with zero attached hydrogens (tertiary/aromatic N) is 2. The number of imidazole rings is 1. The van der Waals surface area contributed by atoms with Crippen LogP contribution in [0.25, 0.3) is 16.6 Å². The van der Waals surface area contributed by atoms with Crippen molar-refractivity contribution < 1.29 is 14.6 Å². The third-order valence-electron chi connectivity index (χ3n) is 7.89. The van der Waals surface area contributed by atoms with Gasteiger partial charge in [0.2, 0.25) is 0 Å². The Morgan fingerprint density at radius 3 is 2.74 bits per heavy atom. The van der Waals surface area contributed by atoms with Gasteiger partial charge in [0, 0.05) is 18.9 Å². The summed E-state index contributed by atoms with van der Waals surface area (Å²) in [7, 11) is 3.52. The van der Waals surface area contributed by atoms with Crippen LogP contribution in [0.1, 0.15) is 53.8 Å². The molecule has 1 fully saturated rings. The van der Waals surface area contributed by atoms with Crippen molar-refractivity contribution in [3.8, 4) is 0 Å². The summed E-state index contributed by atoms with van der Waals surface area (Å²) in [5.74, 6) is 1.22. The van der Waals surface area contributed by atoms with Crippen LogP contribution in [0.5, 0.6) is 0 Å². The molecule has 0 radical (unpaired) electrons. The van der Waals surface area contributed by atoms with Crippen LogP contribution in [0.4, 0.5) is 0 Å². The highest BCUT2D eigenvalue weighted by molar-refractivity contribution is 6.01. The molecule has 0 aliphatic heterocycles. The SMILES string of the molecule is COC(=O)c1cccc2[nH]c(CCCN(C)CC[C@]3(O)C[C@H]4CC[C@H]3C=C4c3ccccc3)nc12. The number of aliphatic hydroxyl groups is 1. The molecule has 0 spiro atoms. The van der Waals surface area contributed by atoms with Crippen LogP contribution in [-0.2, 0) is 11.2 Å². The minimum atomic E-state index is -0.599. The Kier molecular flexibility index (Phi) is 6.76. The summed E-state index contributed by atoms with van der Waals surface area (Å²) in [4.78, 5) is 22.3. The molecule has 184 valence electrons. The van der Waals surface area contributed by atoms with Crippen molar-refractivity contribution in [2.45, 2.75) is 44.1 Å². The molecule has 6 heteroatoms. The number of carbonyl (C=O) groups is 1. The molecule has 0 unspecified atom stereocenters. The van der Waals surface area contributed by atoms with Gasteiger partial charge in [0.25, 0.3) is 0 Å². The fourth-order valence-corrected chi connectivity index (χ4v) is 5.93. The number of esters is 1. The zero-order valence-electron chi connectivity index (χ0n) is 20.7. The average Bonchev–Trinajstić information content (AvgIpc) is 3.31. The first-order valence-electron chi connectivity index (χ1n) is 12.7. The van der Waals surface area contributed by atoms with Gasteiger partial charge in [-0.15, -0.1) is 0 Å². The number of hydrogen-bond acceptors (Lipinski definition) is 5. The number of fused-ring (bicyclic) bond motifs is 3. The van der Waals surface area contributed by atoms with E-state index in [0.717, 1.165) is 56.5 Å². The number of methoxy groups -OCH3 is 1. The van der Waals surface area contributed by atoms with E-state index in [2.05, 4.69) is 58.3 Å². The molecule has 1 heterocycles. The zero-order valence-corrected chi connectivity index (χ0v) is 20.7. The van der Waals surface area contributed by atoms with Gasteiger partial charge in [-0.1, -0.05) is 42.5 Å². The molecule has 2 bridgehead atoms. The number of ether oxygens (including phenoxy) is 1. The van der Waals surface area contributed by atoms with Gasteiger partial charge in [0.05, 0.1) is 23.8 Å².